The van der Waals surface area contributed by atoms with Crippen LogP contribution in [0.25, 0.3) is 0 Å². The van der Waals surface area contributed by atoms with Gasteiger partial charge in [-0.15, -0.1) is 0 Å². The molecule has 0 saturated carbocycles. The Kier molecular flexibility index (Phi) is 3.36. The maximum Gasteiger partial charge on any atom is 0.347 e. The number of rotatable bonds is 3. The van der Waals surface area contributed by atoms with Crippen molar-refractivity contribution < 1.29 is 27.4 Å². The molecule has 0 radical (unpaired) electrons. The molecule has 1 heterocycles. The summed E-state index contributed by atoms with van der Waals surface area (Å²) in [6, 6.07) is 0. The summed E-state index contributed by atoms with van der Waals surface area (Å²) in [7, 11) is 0.862. The average Bonchev–Trinajstić information content (AvgIpc) is 2.68. The molecule has 0 amide bonds. The highest BCUT2D eigenvalue weighted by Crippen LogP contribution is 2.34. The van der Waals surface area contributed by atoms with E-state index < -0.39 is 24.2 Å². The van der Waals surface area contributed by atoms with Crippen molar-refractivity contribution >= 4 is 5.97 Å². The first-order chi connectivity index (χ1) is 6.50. The minimum Gasteiger partial charge on any atom is -0.467 e. The lowest BCUT2D eigenvalue weighted by Gasteiger charge is -2.24. The lowest BCUT2D eigenvalue weighted by molar-refractivity contribution is -0.185. The van der Waals surface area contributed by atoms with Gasteiger partial charge in [-0.3, -0.25) is 0 Å². The van der Waals surface area contributed by atoms with Crippen LogP contribution in [-0.2, 0) is 14.3 Å². The molecule has 0 spiro atoms. The molecule has 2 atom stereocenters. The van der Waals surface area contributed by atoms with Crippen molar-refractivity contribution in [1.82, 2.24) is 0 Å². The fraction of sp³-hybridized carbons (Fsp3) is 0.875. The summed E-state index contributed by atoms with van der Waals surface area (Å²) in [5.41, 5.74) is 0. The predicted molar refractivity (Wildman–Crippen MR) is 40.8 cm³/mol. The van der Waals surface area contributed by atoms with E-state index in [0.717, 1.165) is 7.11 Å². The molecule has 1 fully saturated rings. The van der Waals surface area contributed by atoms with Crippen LogP contribution in [0, 0.1) is 0 Å². The van der Waals surface area contributed by atoms with Gasteiger partial charge in [-0.2, -0.15) is 8.78 Å². The van der Waals surface area contributed by atoms with E-state index in [0.29, 0.717) is 6.42 Å². The van der Waals surface area contributed by atoms with Gasteiger partial charge in [-0.05, 0) is 12.8 Å². The molecule has 0 bridgehead atoms. The normalized spacial score (nSPS) is 24.7. The van der Waals surface area contributed by atoms with Crippen LogP contribution in [0.2, 0.25) is 0 Å². The van der Waals surface area contributed by atoms with Crippen molar-refractivity contribution in [3.63, 3.8) is 0 Å². The number of carbonyl (C=O) groups is 1. The van der Waals surface area contributed by atoms with Gasteiger partial charge < -0.3 is 9.47 Å². The van der Waals surface area contributed by atoms with Crippen LogP contribution in [0.4, 0.5) is 13.2 Å². The highest BCUT2D eigenvalue weighted by atomic mass is 19.3. The molecule has 0 aromatic carbocycles. The first-order valence-corrected chi connectivity index (χ1v) is 4.21. The number of halogens is 3. The standard InChI is InChI=1S/C8H11F3O3/c1-13-7(12)6(9)8(10,11)5-3-2-4-14-5/h5-6H,2-4H2,1H3/t5-,6-/m0/s1. The molecule has 82 valence electrons. The largest absolute Gasteiger partial charge is 0.467 e. The third kappa shape index (κ3) is 2.00. The second-order valence-electron chi connectivity index (χ2n) is 3.06. The number of hydrogen-bond donors (Lipinski definition) is 0. The van der Waals surface area contributed by atoms with Crippen molar-refractivity contribution in [1.29, 1.82) is 0 Å². The van der Waals surface area contributed by atoms with Crippen LogP contribution in [0.15, 0.2) is 0 Å². The van der Waals surface area contributed by atoms with E-state index in [9.17, 15) is 18.0 Å². The highest BCUT2D eigenvalue weighted by Gasteiger charge is 2.53. The van der Waals surface area contributed by atoms with E-state index in [2.05, 4.69) is 9.47 Å². The Morgan fingerprint density at radius 2 is 2.29 bits per heavy atom. The number of esters is 1. The molecule has 0 N–H and O–H groups in total. The van der Waals surface area contributed by atoms with Gasteiger partial charge in [0.1, 0.15) is 6.10 Å². The fourth-order valence-electron chi connectivity index (χ4n) is 1.31. The van der Waals surface area contributed by atoms with E-state index in [1.54, 1.807) is 0 Å². The zero-order valence-corrected chi connectivity index (χ0v) is 7.63. The Hall–Kier alpha value is -0.780. The molecule has 14 heavy (non-hydrogen) atoms. The van der Waals surface area contributed by atoms with Crippen LogP contribution in [0.5, 0.6) is 0 Å². The molecular formula is C8H11F3O3. The molecule has 0 unspecified atom stereocenters. The number of hydrogen-bond acceptors (Lipinski definition) is 3. The summed E-state index contributed by atoms with van der Waals surface area (Å²) in [4.78, 5) is 10.6. The average molecular weight is 212 g/mol. The zero-order chi connectivity index (χ0) is 10.8. The van der Waals surface area contributed by atoms with Gasteiger partial charge in [0.2, 0.25) is 0 Å². The molecule has 3 nitrogen and oxygen atoms in total. The molecule has 1 aliphatic rings. The van der Waals surface area contributed by atoms with Gasteiger partial charge in [-0.25, -0.2) is 9.18 Å². The molecule has 0 aromatic heterocycles. The number of carbonyl (C=O) groups excluding carboxylic acids is 1. The SMILES string of the molecule is COC(=O)[C@H](F)C(F)(F)[C@@H]1CCCO1. The van der Waals surface area contributed by atoms with Crippen molar-refractivity contribution in [3.05, 3.63) is 0 Å². The van der Waals surface area contributed by atoms with Gasteiger partial charge in [0.25, 0.3) is 6.17 Å². The lowest BCUT2D eigenvalue weighted by atomic mass is 10.1. The van der Waals surface area contributed by atoms with E-state index >= 15 is 0 Å². The summed E-state index contributed by atoms with van der Waals surface area (Å²) in [5, 5.41) is 0. The van der Waals surface area contributed by atoms with Gasteiger partial charge in [0.05, 0.1) is 7.11 Å². The third-order valence-electron chi connectivity index (χ3n) is 2.11. The van der Waals surface area contributed by atoms with Crippen molar-refractivity contribution in [2.24, 2.45) is 0 Å². The summed E-state index contributed by atoms with van der Waals surface area (Å²) in [6.45, 7) is 0.175. The minimum atomic E-state index is -3.80. The Morgan fingerprint density at radius 3 is 2.71 bits per heavy atom. The molecule has 1 rings (SSSR count). The maximum atomic E-state index is 13.2. The second kappa shape index (κ2) is 4.16. The second-order valence-corrected chi connectivity index (χ2v) is 3.06. The predicted octanol–water partition coefficient (Wildman–Crippen LogP) is 1.31. The van der Waals surface area contributed by atoms with E-state index in [-0.39, 0.29) is 13.0 Å². The van der Waals surface area contributed by atoms with Crippen LogP contribution in [-0.4, -0.2) is 37.9 Å². The van der Waals surface area contributed by atoms with Gasteiger partial charge in [0, 0.05) is 6.61 Å². The van der Waals surface area contributed by atoms with Crippen LogP contribution in [0.1, 0.15) is 12.8 Å². The monoisotopic (exact) mass is 212 g/mol. The Bertz CT molecular complexity index is 214. The Morgan fingerprint density at radius 1 is 1.64 bits per heavy atom. The summed E-state index contributed by atoms with van der Waals surface area (Å²) >= 11 is 0. The highest BCUT2D eigenvalue weighted by molar-refractivity contribution is 5.75. The number of ether oxygens (including phenoxy) is 2. The van der Waals surface area contributed by atoms with Crippen LogP contribution < -0.4 is 0 Å². The van der Waals surface area contributed by atoms with Crippen molar-refractivity contribution in [2.75, 3.05) is 13.7 Å². The van der Waals surface area contributed by atoms with Gasteiger partial charge in [-0.1, -0.05) is 0 Å². The summed E-state index contributed by atoms with van der Waals surface area (Å²) in [6.07, 6.45) is -3.95. The Balaban J connectivity index is 2.66. The molecule has 1 saturated heterocycles. The lowest BCUT2D eigenvalue weighted by Crippen LogP contribution is -2.46. The zero-order valence-electron chi connectivity index (χ0n) is 7.63. The topological polar surface area (TPSA) is 35.5 Å². The van der Waals surface area contributed by atoms with Gasteiger partial charge in [0.15, 0.2) is 0 Å². The van der Waals surface area contributed by atoms with E-state index in [1.807, 2.05) is 0 Å². The molecule has 1 aliphatic heterocycles. The number of alkyl halides is 3. The molecule has 0 aromatic rings. The first-order valence-electron chi connectivity index (χ1n) is 4.21. The summed E-state index contributed by atoms with van der Waals surface area (Å²) in [5.74, 6) is -5.37. The van der Waals surface area contributed by atoms with Crippen LogP contribution >= 0.6 is 0 Å². The number of methoxy groups -OCH3 is 1. The maximum absolute atomic E-state index is 13.2. The summed E-state index contributed by atoms with van der Waals surface area (Å²) < 4.78 is 47.8. The quantitative estimate of drug-likeness (QED) is 0.662. The molecule has 0 aliphatic carbocycles. The van der Waals surface area contributed by atoms with E-state index in [4.69, 9.17) is 0 Å². The van der Waals surface area contributed by atoms with E-state index in [1.165, 1.54) is 0 Å². The van der Waals surface area contributed by atoms with Crippen molar-refractivity contribution in [2.45, 2.75) is 31.0 Å². The van der Waals surface area contributed by atoms with Gasteiger partial charge >= 0.3 is 11.9 Å². The van der Waals surface area contributed by atoms with Crippen LogP contribution in [0.3, 0.4) is 0 Å². The smallest absolute Gasteiger partial charge is 0.347 e. The first kappa shape index (κ1) is 11.3. The van der Waals surface area contributed by atoms with Crippen molar-refractivity contribution in [3.8, 4) is 0 Å². The Labute approximate surface area is 79.2 Å². The third-order valence-corrected chi connectivity index (χ3v) is 2.11. The molecule has 6 heteroatoms. The fourth-order valence-corrected chi connectivity index (χ4v) is 1.31. The molecular weight excluding hydrogens is 201 g/mol. The minimum absolute atomic E-state index is 0.0599.